The average Bonchev–Trinajstić information content (AvgIpc) is 3.32. The summed E-state index contributed by atoms with van der Waals surface area (Å²) in [6.07, 6.45) is 25.4. The van der Waals surface area contributed by atoms with Crippen molar-refractivity contribution in [2.45, 2.75) is 152 Å². The van der Waals surface area contributed by atoms with Crippen molar-refractivity contribution in [1.29, 1.82) is 0 Å². The lowest BCUT2D eigenvalue weighted by atomic mass is 9.88. The summed E-state index contributed by atoms with van der Waals surface area (Å²) in [5, 5.41) is 6.89. The highest BCUT2D eigenvalue weighted by atomic mass is 16.3. The standard InChI is InChI=1S/C14H22.C8H16.C7H16.C2H6.CH2O2/c1-5-11(2)6-8-13(4)14-9-7-12(3)10-14;1-2-8-6-4-3-5-7-8;1-3-5-7-6-4-2;1-2;2-1-3/h6,8,14H,3,5,7,9-10H2,1-2,4H3;8H,2-7H2,1H3;3-7H2,1-2H3;1-2H3;1H,(H,2,3)/b11-6-,13-8+;;;;. The molecule has 0 aromatic heterocycles. The van der Waals surface area contributed by atoms with Crippen LogP contribution in [0.25, 0.3) is 0 Å². The molecule has 202 valence electrons. The number of rotatable bonds is 8. The van der Waals surface area contributed by atoms with Crippen molar-refractivity contribution in [2.75, 3.05) is 0 Å². The van der Waals surface area contributed by atoms with Crippen LogP contribution in [0.2, 0.25) is 0 Å². The van der Waals surface area contributed by atoms with Gasteiger partial charge in [-0.3, -0.25) is 4.79 Å². The van der Waals surface area contributed by atoms with E-state index in [0.717, 1.165) is 18.3 Å². The third-order valence-electron chi connectivity index (χ3n) is 6.72. The largest absolute Gasteiger partial charge is 0.483 e. The second-order valence-electron chi connectivity index (χ2n) is 9.55. The van der Waals surface area contributed by atoms with E-state index in [-0.39, 0.29) is 6.47 Å². The second kappa shape index (κ2) is 29.7. The smallest absolute Gasteiger partial charge is 0.290 e. The molecule has 2 saturated carbocycles. The fraction of sp³-hybridized carbons (Fsp3) is 0.781. The van der Waals surface area contributed by atoms with Gasteiger partial charge in [0.25, 0.3) is 6.47 Å². The molecular formula is C32H62O2. The Morgan fingerprint density at radius 3 is 1.79 bits per heavy atom. The van der Waals surface area contributed by atoms with Crippen molar-refractivity contribution in [3.63, 3.8) is 0 Å². The van der Waals surface area contributed by atoms with E-state index in [4.69, 9.17) is 9.90 Å². The Bertz CT molecular complexity index is 491. The highest BCUT2D eigenvalue weighted by Gasteiger charge is 2.18. The Labute approximate surface area is 215 Å². The molecule has 1 unspecified atom stereocenters. The van der Waals surface area contributed by atoms with E-state index in [2.05, 4.69) is 60.3 Å². The van der Waals surface area contributed by atoms with Crippen LogP contribution in [0.1, 0.15) is 152 Å². The van der Waals surface area contributed by atoms with E-state index in [1.807, 2.05) is 13.8 Å². The number of allylic oxidation sites excluding steroid dienone is 5. The average molecular weight is 479 g/mol. The lowest BCUT2D eigenvalue weighted by molar-refractivity contribution is -0.122. The zero-order valence-corrected chi connectivity index (χ0v) is 24.6. The molecule has 2 aliphatic carbocycles. The summed E-state index contributed by atoms with van der Waals surface area (Å²) < 4.78 is 0. The molecule has 0 aliphatic heterocycles. The fourth-order valence-corrected chi connectivity index (χ4v) is 4.12. The molecule has 0 amide bonds. The maximum absolute atomic E-state index is 8.36. The van der Waals surface area contributed by atoms with E-state index in [0.29, 0.717) is 0 Å². The number of hydrogen-bond donors (Lipinski definition) is 1. The molecule has 0 aromatic carbocycles. The minimum atomic E-state index is -0.250. The van der Waals surface area contributed by atoms with Crippen molar-refractivity contribution >= 4 is 6.47 Å². The van der Waals surface area contributed by atoms with Gasteiger partial charge >= 0.3 is 0 Å². The molecule has 2 nitrogen and oxygen atoms in total. The topological polar surface area (TPSA) is 37.3 Å². The molecule has 1 N–H and O–H groups in total. The van der Waals surface area contributed by atoms with Crippen LogP contribution in [0.4, 0.5) is 0 Å². The van der Waals surface area contributed by atoms with E-state index < -0.39 is 0 Å². The molecule has 2 heteroatoms. The quantitative estimate of drug-likeness (QED) is 0.163. The van der Waals surface area contributed by atoms with E-state index in [9.17, 15) is 0 Å². The number of carboxylic acid groups (broad SMARTS) is 1. The van der Waals surface area contributed by atoms with Crippen LogP contribution >= 0.6 is 0 Å². The molecule has 0 aromatic rings. The maximum atomic E-state index is 8.36. The van der Waals surface area contributed by atoms with Crippen molar-refractivity contribution < 1.29 is 9.90 Å². The molecule has 2 fully saturated rings. The van der Waals surface area contributed by atoms with Gasteiger partial charge in [0.1, 0.15) is 0 Å². The minimum absolute atomic E-state index is 0.250. The SMILES string of the molecule is C=C1CCC(/C(C)=C/C=C(/C)CC)C1.CC.CCC1CCCCC1.CCCCCCC.O=CO. The van der Waals surface area contributed by atoms with Crippen molar-refractivity contribution in [1.82, 2.24) is 0 Å². The summed E-state index contributed by atoms with van der Waals surface area (Å²) in [7, 11) is 0. The highest BCUT2D eigenvalue weighted by molar-refractivity contribution is 5.32. The van der Waals surface area contributed by atoms with Gasteiger partial charge < -0.3 is 5.11 Å². The third kappa shape index (κ3) is 25.3. The third-order valence-corrected chi connectivity index (χ3v) is 6.72. The van der Waals surface area contributed by atoms with Gasteiger partial charge in [-0.05, 0) is 51.4 Å². The van der Waals surface area contributed by atoms with Crippen LogP contribution in [0.15, 0.2) is 35.5 Å². The molecule has 0 saturated heterocycles. The first-order valence-corrected chi connectivity index (χ1v) is 14.5. The van der Waals surface area contributed by atoms with Gasteiger partial charge in [0.15, 0.2) is 0 Å². The van der Waals surface area contributed by atoms with Crippen LogP contribution in [0.3, 0.4) is 0 Å². The van der Waals surface area contributed by atoms with Gasteiger partial charge in [-0.25, -0.2) is 0 Å². The summed E-state index contributed by atoms with van der Waals surface area (Å²) in [6, 6.07) is 0. The lowest BCUT2D eigenvalue weighted by Crippen LogP contribution is -2.03. The first-order valence-electron chi connectivity index (χ1n) is 14.5. The molecule has 34 heavy (non-hydrogen) atoms. The normalized spacial score (nSPS) is 18.1. The van der Waals surface area contributed by atoms with Gasteiger partial charge in [-0.15, -0.1) is 0 Å². The van der Waals surface area contributed by atoms with Gasteiger partial charge in [-0.1, -0.05) is 148 Å². The van der Waals surface area contributed by atoms with Gasteiger partial charge in [0.2, 0.25) is 0 Å². The molecule has 2 aliphatic rings. The summed E-state index contributed by atoms with van der Waals surface area (Å²) in [5.74, 6) is 1.85. The van der Waals surface area contributed by atoms with Crippen LogP contribution < -0.4 is 0 Å². The summed E-state index contributed by atoms with van der Waals surface area (Å²) >= 11 is 0. The zero-order chi connectivity index (χ0) is 26.6. The Hall–Kier alpha value is -1.31. The Kier molecular flexibility index (Phi) is 32.6. The number of unbranched alkanes of at least 4 members (excludes halogenated alkanes) is 4. The maximum Gasteiger partial charge on any atom is 0.290 e. The summed E-state index contributed by atoms with van der Waals surface area (Å²) in [6.45, 7) is 21.3. The van der Waals surface area contributed by atoms with Crippen LogP contribution in [-0.4, -0.2) is 11.6 Å². The molecule has 0 radical (unpaired) electrons. The predicted molar refractivity (Wildman–Crippen MR) is 156 cm³/mol. The van der Waals surface area contributed by atoms with Gasteiger partial charge in [0, 0.05) is 0 Å². The number of hydrogen-bond acceptors (Lipinski definition) is 1. The Balaban J connectivity index is -0.000000411. The fourth-order valence-electron chi connectivity index (χ4n) is 4.12. The zero-order valence-electron chi connectivity index (χ0n) is 24.6. The lowest BCUT2D eigenvalue weighted by Gasteiger charge is -2.18. The Morgan fingerprint density at radius 2 is 1.44 bits per heavy atom. The monoisotopic (exact) mass is 478 g/mol. The highest BCUT2D eigenvalue weighted by Crippen LogP contribution is 2.33. The molecule has 1 atom stereocenters. The number of carbonyl (C=O) groups is 1. The second-order valence-corrected chi connectivity index (χ2v) is 9.55. The summed E-state index contributed by atoms with van der Waals surface area (Å²) in [5.41, 5.74) is 4.41. The molecule has 2 rings (SSSR count). The van der Waals surface area contributed by atoms with E-state index in [1.165, 1.54) is 107 Å². The van der Waals surface area contributed by atoms with Gasteiger partial charge in [-0.2, -0.15) is 0 Å². The molecule has 0 heterocycles. The molecule has 0 bridgehead atoms. The summed E-state index contributed by atoms with van der Waals surface area (Å²) in [4.78, 5) is 8.36. The van der Waals surface area contributed by atoms with E-state index >= 15 is 0 Å². The molecular weight excluding hydrogens is 416 g/mol. The van der Waals surface area contributed by atoms with Crippen LogP contribution in [-0.2, 0) is 4.79 Å². The van der Waals surface area contributed by atoms with Crippen LogP contribution in [0.5, 0.6) is 0 Å². The minimum Gasteiger partial charge on any atom is -0.483 e. The van der Waals surface area contributed by atoms with E-state index in [1.54, 1.807) is 0 Å². The molecule has 0 spiro atoms. The first kappa shape index (κ1) is 37.2. The first-order chi connectivity index (χ1) is 16.4. The van der Waals surface area contributed by atoms with Crippen molar-refractivity contribution in [3.8, 4) is 0 Å². The van der Waals surface area contributed by atoms with Gasteiger partial charge in [0.05, 0.1) is 0 Å². The predicted octanol–water partition coefficient (Wildman–Crippen LogP) is 11.3. The van der Waals surface area contributed by atoms with Crippen molar-refractivity contribution in [3.05, 3.63) is 35.5 Å². The van der Waals surface area contributed by atoms with Crippen molar-refractivity contribution in [2.24, 2.45) is 11.8 Å². The van der Waals surface area contributed by atoms with Crippen LogP contribution in [0, 0.1) is 11.8 Å². The Morgan fingerprint density at radius 1 is 0.912 bits per heavy atom.